The highest BCUT2D eigenvalue weighted by Gasteiger charge is 2.29. The Labute approximate surface area is 269 Å². The van der Waals surface area contributed by atoms with Gasteiger partial charge in [-0.3, -0.25) is 14.4 Å². The van der Waals surface area contributed by atoms with Crippen LogP contribution < -0.4 is 16.0 Å². The van der Waals surface area contributed by atoms with Crippen LogP contribution in [-0.4, -0.2) is 66.8 Å². The van der Waals surface area contributed by atoms with Crippen molar-refractivity contribution >= 4 is 35.2 Å². The second kappa shape index (κ2) is 15.1. The molecule has 2 heterocycles. The minimum Gasteiger partial charge on any atom is -0.381 e. The summed E-state index contributed by atoms with van der Waals surface area (Å²) in [7, 11) is 0. The lowest BCUT2D eigenvalue weighted by Crippen LogP contribution is -2.50. The molecule has 2 aromatic heterocycles. The SMILES string of the molecule is CSc1cc(C(=O)N[C@@H](Cc2ccccc2)[C@H](O)C(=O)Nc2cccc(-c3nn[nH]n3)c2)nc(C(=O)N[C@H](C)c2ccccc2)c1. The van der Waals surface area contributed by atoms with Gasteiger partial charge in [-0.05, 0) is 60.2 Å². The van der Waals surface area contributed by atoms with E-state index in [1.165, 1.54) is 11.8 Å². The summed E-state index contributed by atoms with van der Waals surface area (Å²) >= 11 is 1.35. The zero-order chi connectivity index (χ0) is 32.5. The van der Waals surface area contributed by atoms with Gasteiger partial charge in [-0.1, -0.05) is 72.8 Å². The molecule has 0 spiro atoms. The summed E-state index contributed by atoms with van der Waals surface area (Å²) in [5.74, 6) is -1.47. The highest BCUT2D eigenvalue weighted by Crippen LogP contribution is 2.21. The lowest BCUT2D eigenvalue weighted by atomic mass is 10.00. The predicted octanol–water partition coefficient (Wildman–Crippen LogP) is 3.82. The summed E-state index contributed by atoms with van der Waals surface area (Å²) in [6, 6.07) is 27.3. The minimum absolute atomic E-state index is 0.0251. The second-order valence-electron chi connectivity index (χ2n) is 10.4. The summed E-state index contributed by atoms with van der Waals surface area (Å²) in [6.45, 7) is 1.86. The third-order valence-electron chi connectivity index (χ3n) is 7.15. The van der Waals surface area contributed by atoms with E-state index in [1.54, 1.807) is 36.4 Å². The van der Waals surface area contributed by atoms with Gasteiger partial charge in [0.1, 0.15) is 11.4 Å². The predicted molar refractivity (Wildman–Crippen MR) is 174 cm³/mol. The molecule has 5 N–H and O–H groups in total. The van der Waals surface area contributed by atoms with Crippen molar-refractivity contribution in [3.05, 3.63) is 120 Å². The Hall–Kier alpha value is -5.40. The number of nitrogens with one attached hydrogen (secondary N) is 4. The van der Waals surface area contributed by atoms with Crippen LogP contribution in [0.5, 0.6) is 0 Å². The van der Waals surface area contributed by atoms with Gasteiger partial charge in [0, 0.05) is 16.1 Å². The van der Waals surface area contributed by atoms with Crippen LogP contribution in [0.2, 0.25) is 0 Å². The lowest BCUT2D eigenvalue weighted by Gasteiger charge is -2.24. The molecular weight excluding hydrogens is 604 g/mol. The monoisotopic (exact) mass is 636 g/mol. The third kappa shape index (κ3) is 8.20. The van der Waals surface area contributed by atoms with Crippen molar-refractivity contribution < 1.29 is 19.5 Å². The van der Waals surface area contributed by atoms with Gasteiger partial charge < -0.3 is 21.1 Å². The van der Waals surface area contributed by atoms with Crippen LogP contribution in [0, 0.1) is 0 Å². The van der Waals surface area contributed by atoms with Gasteiger partial charge in [-0.2, -0.15) is 5.21 Å². The van der Waals surface area contributed by atoms with Crippen LogP contribution in [0.3, 0.4) is 0 Å². The van der Waals surface area contributed by atoms with Crippen LogP contribution in [0.4, 0.5) is 5.69 Å². The van der Waals surface area contributed by atoms with Crippen LogP contribution in [0.1, 0.15) is 45.1 Å². The normalized spacial score (nSPS) is 12.8. The van der Waals surface area contributed by atoms with E-state index in [4.69, 9.17) is 0 Å². The number of aliphatic hydroxyl groups excluding tert-OH is 1. The first-order chi connectivity index (χ1) is 22.3. The number of carbonyl (C=O) groups is 3. The first kappa shape index (κ1) is 32.0. The largest absolute Gasteiger partial charge is 0.381 e. The standard InChI is InChI=1S/C33H32N8O4S/c1-20(22-12-7-4-8-13-22)34-31(43)27-18-25(46-2)19-28(36-27)32(44)37-26(16-21-10-5-3-6-11-21)29(42)33(45)35-24-15-9-14-23(17-24)30-38-40-41-39-30/h3-15,17-20,26,29,42H,16H2,1-2H3,(H,34,43)(H,35,45)(H,37,44)(H,38,39,40,41)/t20-,26+,29+/m1/s1. The zero-order valence-electron chi connectivity index (χ0n) is 25.0. The number of carbonyl (C=O) groups excluding carboxylic acids is 3. The number of thioether (sulfide) groups is 1. The van der Waals surface area contributed by atoms with Gasteiger partial charge >= 0.3 is 0 Å². The average molecular weight is 637 g/mol. The number of rotatable bonds is 12. The molecule has 0 unspecified atom stereocenters. The Bertz CT molecular complexity index is 1790. The topological polar surface area (TPSA) is 175 Å². The van der Waals surface area contributed by atoms with E-state index < -0.39 is 29.9 Å². The molecule has 0 aliphatic rings. The van der Waals surface area contributed by atoms with Crippen molar-refractivity contribution in [1.82, 2.24) is 36.2 Å². The molecule has 5 rings (SSSR count). The number of aromatic amines is 1. The number of pyridine rings is 1. The van der Waals surface area contributed by atoms with Crippen molar-refractivity contribution in [2.75, 3.05) is 11.6 Å². The Morgan fingerprint density at radius 2 is 1.54 bits per heavy atom. The minimum atomic E-state index is -1.64. The Morgan fingerprint density at radius 3 is 2.20 bits per heavy atom. The van der Waals surface area contributed by atoms with Gasteiger partial charge in [0.25, 0.3) is 17.7 Å². The molecule has 0 bridgehead atoms. The summed E-state index contributed by atoms with van der Waals surface area (Å²) in [4.78, 5) is 45.1. The zero-order valence-corrected chi connectivity index (χ0v) is 25.9. The van der Waals surface area contributed by atoms with Crippen LogP contribution >= 0.6 is 11.8 Å². The van der Waals surface area contributed by atoms with E-state index in [2.05, 4.69) is 41.6 Å². The molecule has 0 aliphatic carbocycles. The van der Waals surface area contributed by atoms with Gasteiger partial charge in [-0.25, -0.2) is 4.98 Å². The van der Waals surface area contributed by atoms with E-state index >= 15 is 0 Å². The molecule has 0 saturated heterocycles. The summed E-state index contributed by atoms with van der Waals surface area (Å²) in [5.41, 5.74) is 2.76. The number of benzene rings is 3. The Balaban J connectivity index is 1.35. The summed E-state index contributed by atoms with van der Waals surface area (Å²) in [6.07, 6.45) is 0.329. The number of anilines is 1. The smallest absolute Gasteiger partial charge is 0.270 e. The van der Waals surface area contributed by atoms with Crippen LogP contribution in [0.15, 0.2) is 102 Å². The molecule has 0 saturated carbocycles. The number of amides is 3. The second-order valence-corrected chi connectivity index (χ2v) is 11.3. The maximum absolute atomic E-state index is 13.6. The molecule has 3 atom stereocenters. The molecule has 12 nitrogen and oxygen atoms in total. The quantitative estimate of drug-likeness (QED) is 0.128. The Morgan fingerprint density at radius 1 is 0.870 bits per heavy atom. The highest BCUT2D eigenvalue weighted by molar-refractivity contribution is 7.98. The van der Waals surface area contributed by atoms with E-state index in [1.807, 2.05) is 73.8 Å². The average Bonchev–Trinajstić information content (AvgIpc) is 3.64. The number of hydrogen-bond acceptors (Lipinski definition) is 9. The molecule has 0 radical (unpaired) electrons. The molecule has 46 heavy (non-hydrogen) atoms. The number of aliphatic hydroxyl groups is 1. The van der Waals surface area contributed by atoms with Crippen molar-refractivity contribution in [3.8, 4) is 11.4 Å². The van der Waals surface area contributed by atoms with E-state index in [0.717, 1.165) is 11.1 Å². The molecular formula is C33H32N8O4S. The maximum Gasteiger partial charge on any atom is 0.270 e. The van der Waals surface area contributed by atoms with E-state index in [-0.39, 0.29) is 23.9 Å². The number of hydrogen-bond donors (Lipinski definition) is 5. The van der Waals surface area contributed by atoms with Crippen molar-refractivity contribution in [1.29, 1.82) is 0 Å². The van der Waals surface area contributed by atoms with Gasteiger partial charge in [0.05, 0.1) is 12.1 Å². The lowest BCUT2D eigenvalue weighted by molar-refractivity contribution is -0.125. The molecule has 3 aromatic carbocycles. The van der Waals surface area contributed by atoms with Crippen molar-refractivity contribution in [3.63, 3.8) is 0 Å². The fraction of sp³-hybridized carbons (Fsp3) is 0.182. The molecule has 0 aliphatic heterocycles. The fourth-order valence-corrected chi connectivity index (χ4v) is 5.18. The summed E-state index contributed by atoms with van der Waals surface area (Å²) in [5, 5.41) is 33.5. The van der Waals surface area contributed by atoms with Gasteiger partial charge in [-0.15, -0.1) is 22.0 Å². The fourth-order valence-electron chi connectivity index (χ4n) is 4.72. The van der Waals surface area contributed by atoms with Crippen LogP contribution in [0.25, 0.3) is 11.4 Å². The van der Waals surface area contributed by atoms with E-state index in [9.17, 15) is 19.5 Å². The summed E-state index contributed by atoms with van der Waals surface area (Å²) < 4.78 is 0. The third-order valence-corrected chi connectivity index (χ3v) is 7.85. The number of tetrazole rings is 1. The maximum atomic E-state index is 13.6. The molecule has 234 valence electrons. The van der Waals surface area contributed by atoms with Crippen molar-refractivity contribution in [2.24, 2.45) is 0 Å². The molecule has 5 aromatic rings. The van der Waals surface area contributed by atoms with Crippen LogP contribution in [-0.2, 0) is 11.2 Å². The first-order valence-electron chi connectivity index (χ1n) is 14.4. The first-order valence-corrected chi connectivity index (χ1v) is 15.6. The number of aromatic nitrogens is 5. The van der Waals surface area contributed by atoms with Gasteiger partial charge in [0.2, 0.25) is 5.82 Å². The number of nitrogens with zero attached hydrogens (tertiary/aromatic N) is 4. The Kier molecular flexibility index (Phi) is 10.5. The van der Waals surface area contributed by atoms with Crippen molar-refractivity contribution in [2.45, 2.75) is 36.4 Å². The number of H-pyrrole nitrogens is 1. The molecule has 13 heteroatoms. The highest BCUT2D eigenvalue weighted by atomic mass is 32.2. The van der Waals surface area contributed by atoms with E-state index in [0.29, 0.717) is 22.0 Å². The van der Waals surface area contributed by atoms with Gasteiger partial charge in [0.15, 0.2) is 6.10 Å². The molecule has 3 amide bonds. The molecule has 0 fully saturated rings.